The van der Waals surface area contributed by atoms with Gasteiger partial charge in [-0.3, -0.25) is 4.90 Å². The number of nitrogens with one attached hydrogen (secondary N) is 1. The Morgan fingerprint density at radius 1 is 1.40 bits per heavy atom. The van der Waals surface area contributed by atoms with Gasteiger partial charge >= 0.3 is 0 Å². The summed E-state index contributed by atoms with van der Waals surface area (Å²) in [5.41, 5.74) is 0.370. The van der Waals surface area contributed by atoms with Crippen molar-refractivity contribution in [3.63, 3.8) is 0 Å². The van der Waals surface area contributed by atoms with Crippen LogP contribution in [0.3, 0.4) is 0 Å². The van der Waals surface area contributed by atoms with Gasteiger partial charge in [0.15, 0.2) is 0 Å². The van der Waals surface area contributed by atoms with Crippen molar-refractivity contribution in [2.24, 2.45) is 5.41 Å². The van der Waals surface area contributed by atoms with E-state index < -0.39 is 0 Å². The third-order valence-electron chi connectivity index (χ3n) is 4.31. The highest BCUT2D eigenvalue weighted by Gasteiger charge is 2.34. The Kier molecular flexibility index (Phi) is 6.02. The van der Waals surface area contributed by atoms with Gasteiger partial charge in [-0.2, -0.15) is 0 Å². The van der Waals surface area contributed by atoms with Gasteiger partial charge in [-0.25, -0.2) is 0 Å². The summed E-state index contributed by atoms with van der Waals surface area (Å²) in [7, 11) is 2.07. The molecule has 0 atom stereocenters. The second-order valence-electron chi connectivity index (χ2n) is 6.22. The van der Waals surface area contributed by atoms with E-state index in [2.05, 4.69) is 48.6 Å². The first kappa shape index (κ1) is 16.0. The molecule has 2 rings (SSSR count). The quantitative estimate of drug-likeness (QED) is 0.837. The van der Waals surface area contributed by atoms with Crippen LogP contribution in [0.15, 0.2) is 17.5 Å². The maximum Gasteiger partial charge on any atom is 0.0472 e. The Labute approximate surface area is 127 Å². The maximum atomic E-state index is 5.57. The number of ether oxygens (including phenoxy) is 1. The van der Waals surface area contributed by atoms with E-state index in [1.54, 1.807) is 0 Å². The van der Waals surface area contributed by atoms with Crippen molar-refractivity contribution in [2.45, 2.75) is 39.3 Å². The molecule has 1 aliphatic heterocycles. The fourth-order valence-electron chi connectivity index (χ4n) is 3.02. The van der Waals surface area contributed by atoms with E-state index in [1.807, 2.05) is 11.3 Å². The largest absolute Gasteiger partial charge is 0.381 e. The maximum absolute atomic E-state index is 5.57. The third-order valence-corrected chi connectivity index (χ3v) is 5.17. The average Bonchev–Trinajstić information content (AvgIpc) is 2.92. The standard InChI is InChI=1S/C16H28N2OS/c1-14(2)18(11-15-5-4-10-20-15)13-16(12-17-3)6-8-19-9-7-16/h4-5,10,14,17H,6-9,11-13H2,1-3H3. The van der Waals surface area contributed by atoms with Crippen LogP contribution >= 0.6 is 11.3 Å². The van der Waals surface area contributed by atoms with Crippen molar-refractivity contribution in [1.82, 2.24) is 10.2 Å². The highest BCUT2D eigenvalue weighted by Crippen LogP contribution is 2.32. The second kappa shape index (κ2) is 7.55. The van der Waals surface area contributed by atoms with E-state index >= 15 is 0 Å². The van der Waals surface area contributed by atoms with E-state index in [1.165, 1.54) is 17.7 Å². The summed E-state index contributed by atoms with van der Waals surface area (Å²) in [5.74, 6) is 0. The fraction of sp³-hybridized carbons (Fsp3) is 0.750. The SMILES string of the molecule is CNCC1(CN(Cc2cccs2)C(C)C)CCOCC1. The van der Waals surface area contributed by atoms with Crippen LogP contribution in [0.4, 0.5) is 0 Å². The zero-order valence-corrected chi connectivity index (χ0v) is 13.8. The Bertz CT molecular complexity index is 366. The minimum Gasteiger partial charge on any atom is -0.381 e. The van der Waals surface area contributed by atoms with Crippen molar-refractivity contribution < 1.29 is 4.74 Å². The third kappa shape index (κ3) is 4.29. The molecular formula is C16H28N2OS. The normalized spacial score (nSPS) is 18.9. The predicted octanol–water partition coefficient (Wildman–Crippen LogP) is 2.97. The van der Waals surface area contributed by atoms with E-state index in [0.717, 1.165) is 32.8 Å². The lowest BCUT2D eigenvalue weighted by Crippen LogP contribution is -2.48. The molecule has 0 radical (unpaired) electrons. The van der Waals surface area contributed by atoms with Crippen molar-refractivity contribution in [1.29, 1.82) is 0 Å². The molecular weight excluding hydrogens is 268 g/mol. The van der Waals surface area contributed by atoms with Crippen molar-refractivity contribution >= 4 is 11.3 Å². The van der Waals surface area contributed by atoms with Crippen LogP contribution in [-0.2, 0) is 11.3 Å². The van der Waals surface area contributed by atoms with Gasteiger partial charge < -0.3 is 10.1 Å². The molecule has 0 amide bonds. The van der Waals surface area contributed by atoms with Crippen LogP contribution in [0.2, 0.25) is 0 Å². The van der Waals surface area contributed by atoms with Gasteiger partial charge in [0.25, 0.3) is 0 Å². The molecule has 0 bridgehead atoms. The van der Waals surface area contributed by atoms with Gasteiger partial charge in [0.2, 0.25) is 0 Å². The van der Waals surface area contributed by atoms with Gasteiger partial charge in [-0.1, -0.05) is 6.07 Å². The summed E-state index contributed by atoms with van der Waals surface area (Å²) in [4.78, 5) is 4.08. The summed E-state index contributed by atoms with van der Waals surface area (Å²) < 4.78 is 5.57. The molecule has 20 heavy (non-hydrogen) atoms. The molecule has 1 fully saturated rings. The van der Waals surface area contributed by atoms with Crippen molar-refractivity contribution in [3.05, 3.63) is 22.4 Å². The minimum absolute atomic E-state index is 0.370. The zero-order chi connectivity index (χ0) is 14.4. The van der Waals surface area contributed by atoms with E-state index in [-0.39, 0.29) is 0 Å². The summed E-state index contributed by atoms with van der Waals surface area (Å²) in [6.45, 7) is 9.75. The van der Waals surface area contributed by atoms with Crippen LogP contribution in [0.5, 0.6) is 0 Å². The molecule has 0 unspecified atom stereocenters. The zero-order valence-electron chi connectivity index (χ0n) is 13.0. The number of thiophene rings is 1. The number of nitrogens with zero attached hydrogens (tertiary/aromatic N) is 1. The number of rotatable bonds is 7. The second-order valence-corrected chi connectivity index (χ2v) is 7.25. The summed E-state index contributed by atoms with van der Waals surface area (Å²) in [6, 6.07) is 4.97. The molecule has 1 saturated heterocycles. The van der Waals surface area contributed by atoms with E-state index in [0.29, 0.717) is 11.5 Å². The predicted molar refractivity (Wildman–Crippen MR) is 86.3 cm³/mol. The summed E-state index contributed by atoms with van der Waals surface area (Å²) >= 11 is 1.86. The first-order valence-corrected chi connectivity index (χ1v) is 8.52. The van der Waals surface area contributed by atoms with E-state index in [9.17, 15) is 0 Å². The van der Waals surface area contributed by atoms with Gasteiger partial charge in [0, 0.05) is 43.8 Å². The first-order chi connectivity index (χ1) is 9.65. The lowest BCUT2D eigenvalue weighted by Gasteiger charge is -2.42. The Hall–Kier alpha value is -0.420. The summed E-state index contributed by atoms with van der Waals surface area (Å²) in [6.07, 6.45) is 2.34. The molecule has 0 aliphatic carbocycles. The highest BCUT2D eigenvalue weighted by molar-refractivity contribution is 7.09. The molecule has 0 saturated carbocycles. The monoisotopic (exact) mass is 296 g/mol. The molecule has 2 heterocycles. The first-order valence-electron chi connectivity index (χ1n) is 7.64. The molecule has 114 valence electrons. The van der Waals surface area contributed by atoms with Crippen LogP contribution < -0.4 is 5.32 Å². The lowest BCUT2D eigenvalue weighted by atomic mass is 9.79. The molecule has 0 aromatic carbocycles. The highest BCUT2D eigenvalue weighted by atomic mass is 32.1. The van der Waals surface area contributed by atoms with E-state index in [4.69, 9.17) is 4.74 Å². The molecule has 1 aromatic heterocycles. The fourth-order valence-corrected chi connectivity index (χ4v) is 3.75. The Balaban J connectivity index is 2.04. The topological polar surface area (TPSA) is 24.5 Å². The van der Waals surface area contributed by atoms with Crippen LogP contribution in [0, 0.1) is 5.41 Å². The number of hydrogen-bond acceptors (Lipinski definition) is 4. The van der Waals surface area contributed by atoms with Crippen LogP contribution in [0.1, 0.15) is 31.6 Å². The van der Waals surface area contributed by atoms with Crippen molar-refractivity contribution in [2.75, 3.05) is 33.4 Å². The molecule has 1 N–H and O–H groups in total. The molecule has 3 nitrogen and oxygen atoms in total. The minimum atomic E-state index is 0.370. The van der Waals surface area contributed by atoms with Gasteiger partial charge in [0.05, 0.1) is 0 Å². The van der Waals surface area contributed by atoms with Crippen molar-refractivity contribution in [3.8, 4) is 0 Å². The smallest absolute Gasteiger partial charge is 0.0472 e. The molecule has 1 aliphatic rings. The van der Waals surface area contributed by atoms with Gasteiger partial charge in [-0.05, 0) is 50.6 Å². The van der Waals surface area contributed by atoms with Crippen LogP contribution in [0.25, 0.3) is 0 Å². The molecule has 1 aromatic rings. The Morgan fingerprint density at radius 2 is 2.15 bits per heavy atom. The molecule has 4 heteroatoms. The van der Waals surface area contributed by atoms with Gasteiger partial charge in [-0.15, -0.1) is 11.3 Å². The van der Waals surface area contributed by atoms with Gasteiger partial charge in [0.1, 0.15) is 0 Å². The van der Waals surface area contributed by atoms with Crippen LogP contribution in [-0.4, -0.2) is 44.3 Å². The Morgan fingerprint density at radius 3 is 2.70 bits per heavy atom. The lowest BCUT2D eigenvalue weighted by molar-refractivity contribution is -0.0102. The summed E-state index contributed by atoms with van der Waals surface area (Å²) in [5, 5.41) is 5.57. The average molecular weight is 296 g/mol. The molecule has 0 spiro atoms. The number of hydrogen-bond donors (Lipinski definition) is 1.